The Kier molecular flexibility index (Phi) is 5.27. The molecule has 130 valence electrons. The summed E-state index contributed by atoms with van der Waals surface area (Å²) in [5.41, 5.74) is 1.81. The van der Waals surface area contributed by atoms with Crippen molar-refractivity contribution in [1.82, 2.24) is 5.32 Å². The average Bonchev–Trinajstić information content (AvgIpc) is 3.16. The van der Waals surface area contributed by atoms with Gasteiger partial charge in [-0.25, -0.2) is 12.8 Å². The molecule has 0 spiro atoms. The van der Waals surface area contributed by atoms with Gasteiger partial charge in [-0.15, -0.1) is 11.3 Å². The molecule has 2 aromatic rings. The number of benzene rings is 1. The van der Waals surface area contributed by atoms with Gasteiger partial charge >= 0.3 is 0 Å². The van der Waals surface area contributed by atoms with E-state index in [4.69, 9.17) is 11.6 Å². The highest BCUT2D eigenvalue weighted by atomic mass is 35.5. The summed E-state index contributed by atoms with van der Waals surface area (Å²) in [6, 6.07) is 6.19. The molecule has 2 atom stereocenters. The van der Waals surface area contributed by atoms with Crippen molar-refractivity contribution in [2.75, 3.05) is 12.3 Å². The van der Waals surface area contributed by atoms with Crippen molar-refractivity contribution in [2.45, 2.75) is 29.2 Å². The van der Waals surface area contributed by atoms with Crippen LogP contribution in [0.3, 0.4) is 0 Å². The van der Waals surface area contributed by atoms with Crippen LogP contribution in [0.4, 0.5) is 4.39 Å². The Morgan fingerprint density at radius 1 is 1.46 bits per heavy atom. The fourth-order valence-corrected chi connectivity index (χ4v) is 5.58. The summed E-state index contributed by atoms with van der Waals surface area (Å²) in [5, 5.41) is 15.0. The number of aliphatic hydroxyl groups excluding tert-OH is 1. The molecule has 2 unspecified atom stereocenters. The first-order valence-electron chi connectivity index (χ1n) is 7.52. The maximum absolute atomic E-state index is 13.5. The first-order valence-corrected chi connectivity index (χ1v) is 10.4. The van der Waals surface area contributed by atoms with Crippen LogP contribution in [0.1, 0.15) is 23.6 Å². The summed E-state index contributed by atoms with van der Waals surface area (Å²) in [7, 11) is -3.48. The predicted molar refractivity (Wildman–Crippen MR) is 92.9 cm³/mol. The molecule has 24 heavy (non-hydrogen) atoms. The molecule has 2 N–H and O–H groups in total. The van der Waals surface area contributed by atoms with Gasteiger partial charge in [0.15, 0.2) is 9.84 Å². The maximum atomic E-state index is 13.5. The molecule has 0 saturated carbocycles. The minimum absolute atomic E-state index is 0.0582. The van der Waals surface area contributed by atoms with Crippen LogP contribution < -0.4 is 5.32 Å². The van der Waals surface area contributed by atoms with E-state index in [-0.39, 0.29) is 27.6 Å². The molecule has 0 aliphatic heterocycles. The summed E-state index contributed by atoms with van der Waals surface area (Å²) in [5.74, 6) is -0.761. The van der Waals surface area contributed by atoms with Gasteiger partial charge in [0, 0.05) is 12.6 Å². The normalized spacial score (nSPS) is 18.5. The van der Waals surface area contributed by atoms with Crippen molar-refractivity contribution in [1.29, 1.82) is 0 Å². The van der Waals surface area contributed by atoms with Crippen LogP contribution in [0.5, 0.6) is 0 Å². The first kappa shape index (κ1) is 17.8. The molecule has 1 aliphatic rings. The lowest BCUT2D eigenvalue weighted by Gasteiger charge is -2.17. The Morgan fingerprint density at radius 3 is 2.96 bits per heavy atom. The number of thiophene rings is 1. The van der Waals surface area contributed by atoms with Crippen molar-refractivity contribution in [3.05, 3.63) is 51.6 Å². The van der Waals surface area contributed by atoms with E-state index in [1.54, 1.807) is 17.5 Å². The predicted octanol–water partition coefficient (Wildman–Crippen LogP) is 2.95. The number of fused-ring (bicyclic) bond motifs is 1. The zero-order valence-electron chi connectivity index (χ0n) is 12.7. The smallest absolute Gasteiger partial charge is 0.190 e. The van der Waals surface area contributed by atoms with Gasteiger partial charge in [0.25, 0.3) is 0 Å². The van der Waals surface area contributed by atoms with Crippen LogP contribution in [0.15, 0.2) is 33.9 Å². The molecule has 8 heteroatoms. The minimum atomic E-state index is -3.48. The molecule has 0 amide bonds. The molecule has 1 heterocycles. The second kappa shape index (κ2) is 7.09. The van der Waals surface area contributed by atoms with E-state index in [0.29, 0.717) is 0 Å². The van der Waals surface area contributed by atoms with Gasteiger partial charge in [-0.05, 0) is 47.5 Å². The zero-order chi connectivity index (χ0) is 17.3. The number of sulfone groups is 1. The number of aryl methyl sites for hydroxylation is 1. The third kappa shape index (κ3) is 3.81. The van der Waals surface area contributed by atoms with Crippen molar-refractivity contribution >= 4 is 32.8 Å². The summed E-state index contributed by atoms with van der Waals surface area (Å²) < 4.78 is 38.0. The van der Waals surface area contributed by atoms with Gasteiger partial charge in [0.2, 0.25) is 0 Å². The second-order valence-corrected chi connectivity index (χ2v) is 9.45. The Labute approximate surface area is 149 Å². The summed E-state index contributed by atoms with van der Waals surface area (Å²) >= 11 is 6.97. The van der Waals surface area contributed by atoms with Gasteiger partial charge in [-0.3, -0.25) is 0 Å². The van der Waals surface area contributed by atoms with Crippen LogP contribution in [-0.2, 0) is 16.3 Å². The molecule has 0 saturated heterocycles. The quantitative estimate of drug-likeness (QED) is 0.797. The number of nitrogens with one attached hydrogen (secondary N) is 1. The van der Waals surface area contributed by atoms with E-state index in [2.05, 4.69) is 5.32 Å². The van der Waals surface area contributed by atoms with Crippen molar-refractivity contribution in [3.63, 3.8) is 0 Å². The van der Waals surface area contributed by atoms with Crippen LogP contribution in [0, 0.1) is 5.82 Å². The van der Waals surface area contributed by atoms with Gasteiger partial charge in [0.05, 0.1) is 16.9 Å². The summed E-state index contributed by atoms with van der Waals surface area (Å²) in [6.45, 7) is 0.143. The van der Waals surface area contributed by atoms with Crippen LogP contribution in [-0.4, -0.2) is 31.9 Å². The standard InChI is InChI=1S/C16H17ClFNO3S2/c17-13-7-12-10(6-14(13)18)3-4-15(12)19-8-11(20)9-24(21,22)16-2-1-5-23-16/h1-2,5-7,11,15,19-20H,3-4,8-9H2. The van der Waals surface area contributed by atoms with E-state index >= 15 is 0 Å². The molecule has 4 nitrogen and oxygen atoms in total. The van der Waals surface area contributed by atoms with Gasteiger partial charge in [0.1, 0.15) is 10.0 Å². The van der Waals surface area contributed by atoms with E-state index in [1.807, 2.05) is 0 Å². The van der Waals surface area contributed by atoms with Gasteiger partial charge in [-0.1, -0.05) is 17.7 Å². The SMILES string of the molecule is O=S(=O)(CC(O)CNC1CCc2cc(F)c(Cl)cc21)c1cccs1. The molecule has 0 bridgehead atoms. The van der Waals surface area contributed by atoms with E-state index < -0.39 is 21.8 Å². The lowest BCUT2D eigenvalue weighted by Crippen LogP contribution is -2.34. The highest BCUT2D eigenvalue weighted by Crippen LogP contribution is 2.34. The van der Waals surface area contributed by atoms with Gasteiger partial charge < -0.3 is 10.4 Å². The molecule has 0 fully saturated rings. The largest absolute Gasteiger partial charge is 0.391 e. The monoisotopic (exact) mass is 389 g/mol. The molecule has 3 rings (SSSR count). The highest BCUT2D eigenvalue weighted by Gasteiger charge is 2.26. The number of halogens is 2. The topological polar surface area (TPSA) is 66.4 Å². The Hall–Kier alpha value is -0.990. The molecular formula is C16H17ClFNO3S2. The second-order valence-electron chi connectivity index (χ2n) is 5.83. The molecule has 0 radical (unpaired) electrons. The van der Waals surface area contributed by atoms with Gasteiger partial charge in [-0.2, -0.15) is 0 Å². The summed E-state index contributed by atoms with van der Waals surface area (Å²) in [4.78, 5) is 0. The lowest BCUT2D eigenvalue weighted by atomic mass is 10.1. The summed E-state index contributed by atoms with van der Waals surface area (Å²) in [6.07, 6.45) is 0.474. The van der Waals surface area contributed by atoms with E-state index in [0.717, 1.165) is 35.3 Å². The van der Waals surface area contributed by atoms with Crippen molar-refractivity contribution in [2.24, 2.45) is 0 Å². The molecular weight excluding hydrogens is 373 g/mol. The number of aliphatic hydroxyl groups is 1. The van der Waals surface area contributed by atoms with Crippen LogP contribution in [0.25, 0.3) is 0 Å². The third-order valence-electron chi connectivity index (χ3n) is 4.07. The maximum Gasteiger partial charge on any atom is 0.190 e. The Morgan fingerprint density at radius 2 is 2.25 bits per heavy atom. The lowest BCUT2D eigenvalue weighted by molar-refractivity contribution is 0.188. The first-order chi connectivity index (χ1) is 11.4. The number of hydrogen-bond donors (Lipinski definition) is 2. The third-order valence-corrected chi connectivity index (χ3v) is 7.65. The van der Waals surface area contributed by atoms with Crippen LogP contribution in [0.2, 0.25) is 5.02 Å². The fraction of sp³-hybridized carbons (Fsp3) is 0.375. The number of rotatable bonds is 6. The van der Waals surface area contributed by atoms with E-state index in [9.17, 15) is 17.9 Å². The minimum Gasteiger partial charge on any atom is -0.391 e. The van der Waals surface area contributed by atoms with Crippen molar-refractivity contribution < 1.29 is 17.9 Å². The Bertz CT molecular complexity index is 824. The molecule has 1 aliphatic carbocycles. The average molecular weight is 390 g/mol. The van der Waals surface area contributed by atoms with Crippen molar-refractivity contribution in [3.8, 4) is 0 Å². The van der Waals surface area contributed by atoms with E-state index in [1.165, 1.54) is 12.1 Å². The fourth-order valence-electron chi connectivity index (χ4n) is 2.92. The Balaban J connectivity index is 1.61. The van der Waals surface area contributed by atoms with Crippen LogP contribution >= 0.6 is 22.9 Å². The zero-order valence-corrected chi connectivity index (χ0v) is 15.1. The number of hydrogen-bond acceptors (Lipinski definition) is 5. The molecule has 1 aromatic heterocycles. The highest BCUT2D eigenvalue weighted by molar-refractivity contribution is 7.93. The molecule has 1 aromatic carbocycles.